The lowest BCUT2D eigenvalue weighted by atomic mass is 9.82. The van der Waals surface area contributed by atoms with E-state index >= 15 is 0 Å². The summed E-state index contributed by atoms with van der Waals surface area (Å²) in [7, 11) is 0. The number of aldehydes is 1. The van der Waals surface area contributed by atoms with Crippen LogP contribution in [0, 0.1) is 17.9 Å². The maximum Gasteiger partial charge on any atom is 0.384 e. The van der Waals surface area contributed by atoms with Crippen LogP contribution in [-0.2, 0) is 20.8 Å². The number of anilines is 6. The number of benzene rings is 16. The van der Waals surface area contributed by atoms with Crippen molar-refractivity contribution in [3.05, 3.63) is 462 Å². The summed E-state index contributed by atoms with van der Waals surface area (Å²) >= 11 is 0. The maximum atomic E-state index is 11.3. The summed E-state index contributed by atoms with van der Waals surface area (Å²) in [4.78, 5) is 39.0. The first-order valence-corrected chi connectivity index (χ1v) is 38.2. The van der Waals surface area contributed by atoms with Gasteiger partial charge in [0, 0.05) is 73.1 Å². The molecule has 2 heterocycles. The fraction of sp³-hybridized carbons (Fsp3) is 0.0283. The second-order valence-corrected chi connectivity index (χ2v) is 28.2. The van der Waals surface area contributed by atoms with Gasteiger partial charge in [-0.25, -0.2) is 16.2 Å². The van der Waals surface area contributed by atoms with Gasteiger partial charge in [-0.1, -0.05) is 291 Å². The summed E-state index contributed by atoms with van der Waals surface area (Å²) in [5, 5.41) is 30.6. The third-order valence-electron chi connectivity index (χ3n) is 21.1. The van der Waals surface area contributed by atoms with Gasteiger partial charge in [-0.2, -0.15) is 5.26 Å². The number of carboxylic acids is 2. The minimum atomic E-state index is -1.24. The molecule has 0 saturated heterocycles. The number of aliphatic carboxylic acids is 2. The Morgan fingerprint density at radius 3 is 0.983 bits per heavy atom. The van der Waals surface area contributed by atoms with Gasteiger partial charge in [-0.3, -0.25) is 4.79 Å². The van der Waals surface area contributed by atoms with Crippen molar-refractivity contribution in [1.29, 1.82) is 5.26 Å². The summed E-state index contributed by atoms with van der Waals surface area (Å²) in [5.74, 6) is -0.656. The number of fused-ring (bicyclic) bond motifs is 6. The number of carbonyl (C=O) groups excluding carboxylic acids is 1. The van der Waals surface area contributed by atoms with E-state index in [2.05, 4.69) is 330 Å². The van der Waals surface area contributed by atoms with Gasteiger partial charge in [-0.15, -0.1) is 0 Å². The Bertz CT molecular complexity index is 6380. The lowest BCUT2D eigenvalue weighted by Gasteiger charge is -2.36. The standard InChI is InChI=1S/C53H36N2O3.C50H35NO2.C3H3NO2/c54-36-43(52(56)57)34-37-16-18-38(19-17-37)39-20-26-45(27-21-39)53(44-10-4-1-5-11-44)33-32-50-49-30-24-41(35-42(49)25-31-51(50)58-53)40-22-28-48(29-23-40)55(46-12-6-2-7-13-46)47-14-8-3-9-15-47;52-35-36-16-18-37(19-17-36)38-20-26-43(27-21-38)50(42-10-4-1-5-11-42)33-32-48-47-30-24-40(34-41(47)25-31-49(48)53-50)39-22-28-46(29-23-39)51(44-12-6-2-7-13-44)45-14-8-3-9-15-45;1-4-2-3(5)6/h1-35H,(H,56,57);1-35H;2H2,(H,5,6)/b43-34-;;. The lowest BCUT2D eigenvalue weighted by Crippen LogP contribution is -2.34. The van der Waals surface area contributed by atoms with E-state index < -0.39 is 29.7 Å². The predicted molar refractivity (Wildman–Crippen MR) is 471 cm³/mol. The first-order valence-electron chi connectivity index (χ1n) is 38.2. The van der Waals surface area contributed by atoms with Crippen molar-refractivity contribution in [3.8, 4) is 62.1 Å². The number of hydrogen-bond acceptors (Lipinski definition) is 8. The van der Waals surface area contributed by atoms with E-state index in [4.69, 9.17) is 26.4 Å². The molecule has 0 aromatic heterocycles. The van der Waals surface area contributed by atoms with Crippen LogP contribution < -0.4 is 19.3 Å². The topological polar surface area (TPSA) is 145 Å². The Labute approximate surface area is 678 Å². The average molecular weight is 1520 g/mol. The first-order chi connectivity index (χ1) is 57.4. The number of rotatable bonds is 18. The molecular weight excluding hydrogens is 1440 g/mol. The van der Waals surface area contributed by atoms with Crippen LogP contribution in [-0.4, -0.2) is 35.0 Å². The van der Waals surface area contributed by atoms with Gasteiger partial charge in [0.15, 0.2) is 11.2 Å². The molecule has 11 heteroatoms. The molecule has 18 rings (SSSR count). The number of carboxylic acid groups (broad SMARTS) is 2. The highest BCUT2D eigenvalue weighted by Crippen LogP contribution is 2.48. The highest BCUT2D eigenvalue weighted by molar-refractivity contribution is 5.99. The van der Waals surface area contributed by atoms with Gasteiger partial charge in [0.05, 0.1) is 0 Å². The van der Waals surface area contributed by atoms with Crippen molar-refractivity contribution in [3.63, 3.8) is 0 Å². The minimum absolute atomic E-state index is 0.306. The number of nitrogens with zero attached hydrogens (tertiary/aromatic N) is 4. The molecule has 0 saturated carbocycles. The van der Waals surface area contributed by atoms with Crippen LogP contribution in [0.15, 0.2) is 406 Å². The van der Waals surface area contributed by atoms with Crippen LogP contribution >= 0.6 is 0 Å². The van der Waals surface area contributed by atoms with Crippen LogP contribution in [0.25, 0.3) is 89.1 Å². The number of ether oxygens (including phenoxy) is 2. The van der Waals surface area contributed by atoms with E-state index in [0.29, 0.717) is 11.1 Å². The van der Waals surface area contributed by atoms with Crippen molar-refractivity contribution in [2.45, 2.75) is 11.2 Å². The Hall–Kier alpha value is -16.0. The summed E-state index contributed by atoms with van der Waals surface area (Å²) in [6.07, 6.45) is 11.0. The fourth-order valence-electron chi connectivity index (χ4n) is 15.2. The second kappa shape index (κ2) is 33.9. The van der Waals surface area contributed by atoms with Crippen LogP contribution in [0.1, 0.15) is 49.3 Å². The van der Waals surface area contributed by atoms with Crippen molar-refractivity contribution in [2.75, 3.05) is 16.3 Å². The van der Waals surface area contributed by atoms with Crippen LogP contribution in [0.4, 0.5) is 34.1 Å². The highest BCUT2D eigenvalue weighted by atomic mass is 16.5. The number of hydrogen-bond donors (Lipinski definition) is 2. The molecule has 0 fully saturated rings. The quantitative estimate of drug-likeness (QED) is 0.0369. The molecule has 16 aromatic rings. The van der Waals surface area contributed by atoms with Gasteiger partial charge >= 0.3 is 18.5 Å². The molecule has 2 atom stereocenters. The molecule has 16 aromatic carbocycles. The summed E-state index contributed by atoms with van der Waals surface area (Å²) in [6.45, 7) is 5.56. The Balaban J connectivity index is 0.000000164. The molecule has 2 unspecified atom stereocenters. The predicted octanol–water partition coefficient (Wildman–Crippen LogP) is 25.8. The van der Waals surface area contributed by atoms with E-state index in [0.717, 1.165) is 151 Å². The zero-order chi connectivity index (χ0) is 80.1. The molecule has 2 aliphatic rings. The third kappa shape index (κ3) is 16.0. The van der Waals surface area contributed by atoms with Gasteiger partial charge in [-0.05, 0) is 199 Å². The monoisotopic (exact) mass is 1510 g/mol. The Morgan fingerprint density at radius 2 is 0.667 bits per heavy atom. The SMILES string of the molecule is N#C/C(=C/c1ccc(-c2ccc(C3(c4ccccc4)C=Cc4c(ccc5cc(-c6ccc(N(c7ccccc7)c7ccccc7)cc6)ccc45)O3)cc2)cc1)C(=O)O.O=Cc1ccc(-c2ccc(C3(c4ccccc4)C=Cc4c(ccc5cc(-c6ccc(N(c7ccccc7)c7ccccc7)cc6)ccc45)O3)cc2)cc1.[C-]#[N+]CC(=O)O. The largest absolute Gasteiger partial charge is 0.477 e. The molecule has 0 bridgehead atoms. The second-order valence-electron chi connectivity index (χ2n) is 28.2. The van der Waals surface area contributed by atoms with Gasteiger partial charge < -0.3 is 34.3 Å². The number of nitriles is 1. The van der Waals surface area contributed by atoms with Crippen LogP contribution in [0.2, 0.25) is 0 Å². The molecule has 0 amide bonds. The van der Waals surface area contributed by atoms with E-state index in [-0.39, 0.29) is 5.57 Å². The van der Waals surface area contributed by atoms with E-state index in [1.165, 1.54) is 6.08 Å². The molecule has 2 N–H and O–H groups in total. The molecule has 2 aliphatic heterocycles. The lowest BCUT2D eigenvalue weighted by molar-refractivity contribution is -0.135. The molecule has 0 aliphatic carbocycles. The van der Waals surface area contributed by atoms with Crippen LogP contribution in [0.3, 0.4) is 0 Å². The zero-order valence-electron chi connectivity index (χ0n) is 63.3. The molecular formula is C106H74N4O7. The average Bonchev–Trinajstić information content (AvgIpc) is 0.743. The molecule has 117 heavy (non-hydrogen) atoms. The first kappa shape index (κ1) is 75.1. The molecule has 11 nitrogen and oxygen atoms in total. The highest BCUT2D eigenvalue weighted by Gasteiger charge is 2.39. The molecule has 0 spiro atoms. The fourth-order valence-corrected chi connectivity index (χ4v) is 15.2. The number of carbonyl (C=O) groups is 3. The van der Waals surface area contributed by atoms with E-state index in [1.807, 2.05) is 97.1 Å². The third-order valence-corrected chi connectivity index (χ3v) is 21.1. The van der Waals surface area contributed by atoms with Crippen LogP contribution in [0.5, 0.6) is 11.5 Å². The Kier molecular flexibility index (Phi) is 21.8. The summed E-state index contributed by atoms with van der Waals surface area (Å²) < 4.78 is 14.1. The summed E-state index contributed by atoms with van der Waals surface area (Å²) in [5.41, 5.74) is 20.9. The van der Waals surface area contributed by atoms with Crippen molar-refractivity contribution < 1.29 is 34.1 Å². The van der Waals surface area contributed by atoms with Crippen molar-refractivity contribution >= 4 is 92.1 Å². The zero-order valence-corrected chi connectivity index (χ0v) is 63.3. The maximum absolute atomic E-state index is 11.3. The normalized spacial score (nSPS) is 14.2. The van der Waals surface area contributed by atoms with E-state index in [1.54, 1.807) is 6.07 Å². The van der Waals surface area contributed by atoms with Gasteiger partial charge in [0.2, 0.25) is 0 Å². The van der Waals surface area contributed by atoms with E-state index in [9.17, 15) is 19.5 Å². The number of para-hydroxylation sites is 4. The van der Waals surface area contributed by atoms with Gasteiger partial charge in [0.1, 0.15) is 29.4 Å². The molecule has 560 valence electrons. The summed E-state index contributed by atoms with van der Waals surface area (Å²) in [6, 6.07) is 136. The van der Waals surface area contributed by atoms with Crippen molar-refractivity contribution in [1.82, 2.24) is 0 Å². The molecule has 0 radical (unpaired) electrons. The smallest absolute Gasteiger partial charge is 0.384 e. The van der Waals surface area contributed by atoms with Gasteiger partial charge in [0.25, 0.3) is 0 Å². The van der Waals surface area contributed by atoms with Crippen molar-refractivity contribution in [2.24, 2.45) is 0 Å². The minimum Gasteiger partial charge on any atom is -0.477 e. The Morgan fingerprint density at radius 1 is 0.368 bits per heavy atom.